The van der Waals surface area contributed by atoms with Gasteiger partial charge in [0.25, 0.3) is 0 Å². The van der Waals surface area contributed by atoms with Crippen molar-refractivity contribution in [1.29, 1.82) is 0 Å². The van der Waals surface area contributed by atoms with Gasteiger partial charge in [-0.1, -0.05) is 33.6 Å². The Morgan fingerprint density at radius 2 is 1.87 bits per heavy atom. The van der Waals surface area contributed by atoms with E-state index >= 15 is 0 Å². The van der Waals surface area contributed by atoms with Crippen LogP contribution in [-0.4, -0.2) is 38.7 Å². The molecule has 0 aromatic carbocycles. The van der Waals surface area contributed by atoms with Gasteiger partial charge < -0.3 is 13.9 Å². The summed E-state index contributed by atoms with van der Waals surface area (Å²) >= 11 is 0. The highest BCUT2D eigenvalue weighted by Crippen LogP contribution is 2.36. The molecule has 132 valence electrons. The summed E-state index contributed by atoms with van der Waals surface area (Å²) < 4.78 is 17.4. The number of hydrogen-bond donors (Lipinski definition) is 0. The van der Waals surface area contributed by atoms with Crippen LogP contribution in [0.1, 0.15) is 48.5 Å². The lowest BCUT2D eigenvalue weighted by Crippen LogP contribution is -2.42. The maximum absolute atomic E-state index is 12.2. The fraction of sp³-hybridized carbons (Fsp3) is 0.833. The molecule has 0 aromatic rings. The number of hydrogen-bond acceptors (Lipinski definition) is 4. The molecule has 3 atom stereocenters. The molecule has 1 aliphatic rings. The lowest BCUT2D eigenvalue weighted by molar-refractivity contribution is -0.140. The fourth-order valence-electron chi connectivity index (χ4n) is 1.98. The van der Waals surface area contributed by atoms with E-state index in [1.807, 2.05) is 27.7 Å². The minimum absolute atomic E-state index is 0.107. The van der Waals surface area contributed by atoms with Gasteiger partial charge in [-0.15, -0.1) is 0 Å². The third-order valence-corrected chi connectivity index (χ3v) is 9.09. The first kappa shape index (κ1) is 20.4. The molecular weight excluding hydrogens is 308 g/mol. The minimum atomic E-state index is -1.84. The van der Waals surface area contributed by atoms with Crippen molar-refractivity contribution < 1.29 is 18.7 Å². The van der Waals surface area contributed by atoms with Gasteiger partial charge in [-0.25, -0.2) is 0 Å². The quantitative estimate of drug-likeness (QED) is 0.444. The Balaban J connectivity index is 2.58. The summed E-state index contributed by atoms with van der Waals surface area (Å²) in [6.07, 6.45) is -0.494. The van der Waals surface area contributed by atoms with Crippen molar-refractivity contribution >= 4 is 14.1 Å². The molecule has 0 bridgehead atoms. The standard InChI is InChI=1S/C18H32O4Si/c1-13(12-20-23(8,9)17(3,4)5)15(19)10-11-16-14(2)21-18(6,7)22-16/h13-14,16H,12H2,1-9H3/t13-,14-,16+/m0/s1. The maximum Gasteiger partial charge on any atom is 0.210 e. The molecule has 1 heterocycles. The third kappa shape index (κ3) is 5.72. The molecule has 0 aromatic heterocycles. The summed E-state index contributed by atoms with van der Waals surface area (Å²) in [7, 11) is -1.84. The average Bonchev–Trinajstić information content (AvgIpc) is 2.64. The van der Waals surface area contributed by atoms with Crippen molar-refractivity contribution in [3.63, 3.8) is 0 Å². The predicted octanol–water partition coefficient (Wildman–Crippen LogP) is 3.76. The third-order valence-electron chi connectivity index (χ3n) is 4.59. The highest BCUT2D eigenvalue weighted by molar-refractivity contribution is 6.74. The van der Waals surface area contributed by atoms with E-state index in [2.05, 4.69) is 45.7 Å². The van der Waals surface area contributed by atoms with Crippen LogP contribution in [0.15, 0.2) is 0 Å². The van der Waals surface area contributed by atoms with Gasteiger partial charge in [0.15, 0.2) is 14.1 Å². The Morgan fingerprint density at radius 1 is 1.30 bits per heavy atom. The largest absolute Gasteiger partial charge is 0.416 e. The SMILES string of the molecule is C[C@@H]1OC(C)(C)O[C@@H]1C#CC(=O)[C@@H](C)CO[Si](C)(C)C(C)(C)C. The van der Waals surface area contributed by atoms with E-state index < -0.39 is 14.1 Å². The number of Topliss-reactive ketones (excluding diaryl/α,β-unsaturated/α-hetero) is 1. The van der Waals surface area contributed by atoms with Gasteiger partial charge in [0, 0.05) is 12.5 Å². The number of carbonyl (C=O) groups excluding carboxylic acids is 1. The van der Waals surface area contributed by atoms with Crippen LogP contribution in [0.2, 0.25) is 18.1 Å². The van der Waals surface area contributed by atoms with Crippen molar-refractivity contribution in [2.24, 2.45) is 5.92 Å². The Bertz CT molecular complexity index is 493. The van der Waals surface area contributed by atoms with Gasteiger partial charge in [0.05, 0.1) is 6.10 Å². The zero-order valence-corrected chi connectivity index (χ0v) is 17.1. The summed E-state index contributed by atoms with van der Waals surface area (Å²) in [5, 5.41) is 0.136. The first-order chi connectivity index (χ1) is 10.3. The molecule has 0 N–H and O–H groups in total. The molecule has 5 heteroatoms. The average molecular weight is 341 g/mol. The zero-order chi connectivity index (χ0) is 18.1. The van der Waals surface area contributed by atoms with Crippen LogP contribution in [-0.2, 0) is 18.7 Å². The van der Waals surface area contributed by atoms with E-state index in [9.17, 15) is 4.79 Å². The molecule has 0 radical (unpaired) electrons. The smallest absolute Gasteiger partial charge is 0.210 e. The van der Waals surface area contributed by atoms with Crippen molar-refractivity contribution in [3.8, 4) is 11.8 Å². The first-order valence-electron chi connectivity index (χ1n) is 8.30. The molecule has 0 aliphatic carbocycles. The van der Waals surface area contributed by atoms with Gasteiger partial charge in [0.1, 0.15) is 6.10 Å². The Hall–Kier alpha value is -0.673. The molecule has 1 fully saturated rings. The zero-order valence-electron chi connectivity index (χ0n) is 16.1. The van der Waals surface area contributed by atoms with Crippen molar-refractivity contribution in [2.45, 2.75) is 84.6 Å². The van der Waals surface area contributed by atoms with Crippen LogP contribution in [0.4, 0.5) is 0 Å². The van der Waals surface area contributed by atoms with E-state index in [4.69, 9.17) is 13.9 Å². The van der Waals surface area contributed by atoms with Crippen LogP contribution in [0, 0.1) is 17.8 Å². The summed E-state index contributed by atoms with van der Waals surface area (Å²) in [5.74, 6) is 4.63. The van der Waals surface area contributed by atoms with Crippen LogP contribution < -0.4 is 0 Å². The molecular formula is C18H32O4Si. The summed E-state index contributed by atoms with van der Waals surface area (Å²) in [6.45, 7) is 18.8. The minimum Gasteiger partial charge on any atom is -0.416 e. The number of ketones is 1. The second-order valence-corrected chi connectivity index (χ2v) is 13.2. The van der Waals surface area contributed by atoms with Gasteiger partial charge in [-0.05, 0) is 44.8 Å². The molecule has 1 saturated heterocycles. The van der Waals surface area contributed by atoms with E-state index in [0.29, 0.717) is 6.61 Å². The normalized spacial score (nSPS) is 25.6. The van der Waals surface area contributed by atoms with E-state index in [1.165, 1.54) is 0 Å². The Labute approximate surface area is 142 Å². The second-order valence-electron chi connectivity index (χ2n) is 8.37. The molecule has 0 spiro atoms. The molecule has 0 amide bonds. The molecule has 0 saturated carbocycles. The molecule has 23 heavy (non-hydrogen) atoms. The molecule has 4 nitrogen and oxygen atoms in total. The van der Waals surface area contributed by atoms with Crippen molar-refractivity contribution in [1.82, 2.24) is 0 Å². The lowest BCUT2D eigenvalue weighted by Gasteiger charge is -2.36. The summed E-state index contributed by atoms with van der Waals surface area (Å²) in [4.78, 5) is 12.2. The van der Waals surface area contributed by atoms with Crippen LogP contribution in [0.5, 0.6) is 0 Å². The number of carbonyl (C=O) groups is 1. The maximum atomic E-state index is 12.2. The molecule has 1 aliphatic heterocycles. The Kier molecular flexibility index (Phi) is 6.25. The van der Waals surface area contributed by atoms with Crippen molar-refractivity contribution in [3.05, 3.63) is 0 Å². The molecule has 0 unspecified atom stereocenters. The van der Waals surface area contributed by atoms with E-state index in [-0.39, 0.29) is 28.9 Å². The highest BCUT2D eigenvalue weighted by atomic mass is 28.4. The van der Waals surface area contributed by atoms with Gasteiger partial charge in [-0.2, -0.15) is 0 Å². The van der Waals surface area contributed by atoms with E-state index in [0.717, 1.165) is 0 Å². The van der Waals surface area contributed by atoms with E-state index in [1.54, 1.807) is 0 Å². The Morgan fingerprint density at radius 3 is 2.30 bits per heavy atom. The lowest BCUT2D eigenvalue weighted by atomic mass is 10.1. The highest BCUT2D eigenvalue weighted by Gasteiger charge is 2.38. The van der Waals surface area contributed by atoms with Crippen LogP contribution >= 0.6 is 0 Å². The predicted molar refractivity (Wildman–Crippen MR) is 94.6 cm³/mol. The van der Waals surface area contributed by atoms with Crippen LogP contribution in [0.25, 0.3) is 0 Å². The van der Waals surface area contributed by atoms with Gasteiger partial charge in [0.2, 0.25) is 5.78 Å². The fourth-order valence-corrected chi connectivity index (χ4v) is 3.08. The number of ether oxygens (including phenoxy) is 2. The first-order valence-corrected chi connectivity index (χ1v) is 11.2. The monoisotopic (exact) mass is 340 g/mol. The molecule has 1 rings (SSSR count). The van der Waals surface area contributed by atoms with Crippen molar-refractivity contribution in [2.75, 3.05) is 6.61 Å². The summed E-state index contributed by atoms with van der Waals surface area (Å²) in [6, 6.07) is 0. The van der Waals surface area contributed by atoms with Gasteiger partial charge in [-0.3, -0.25) is 4.79 Å². The van der Waals surface area contributed by atoms with Gasteiger partial charge >= 0.3 is 0 Å². The number of rotatable bonds is 4. The second kappa shape index (κ2) is 7.06. The topological polar surface area (TPSA) is 44.8 Å². The summed E-state index contributed by atoms with van der Waals surface area (Å²) in [5.41, 5.74) is 0. The van der Waals surface area contributed by atoms with Crippen LogP contribution in [0.3, 0.4) is 0 Å².